The number of hydrogen-bond donors (Lipinski definition) is 0. The molecule has 2 aromatic heterocycles. The molecule has 0 radical (unpaired) electrons. The second kappa shape index (κ2) is 5.43. The Morgan fingerprint density at radius 3 is 2.55 bits per heavy atom. The van der Waals surface area contributed by atoms with Crippen LogP contribution >= 0.6 is 11.6 Å². The van der Waals surface area contributed by atoms with Gasteiger partial charge in [-0.1, -0.05) is 41.6 Å². The molecule has 2 heterocycles. The lowest BCUT2D eigenvalue weighted by Crippen LogP contribution is -1.93. The summed E-state index contributed by atoms with van der Waals surface area (Å²) in [6.07, 6.45) is 0. The summed E-state index contributed by atoms with van der Waals surface area (Å²) >= 11 is 6.35. The summed E-state index contributed by atoms with van der Waals surface area (Å²) in [5.74, 6) is 0.821. The van der Waals surface area contributed by atoms with Crippen LogP contribution in [0, 0.1) is 6.92 Å². The van der Waals surface area contributed by atoms with Gasteiger partial charge in [-0.25, -0.2) is 4.98 Å². The molecule has 3 rings (SSSR count). The molecule has 0 N–H and O–H groups in total. The van der Waals surface area contributed by atoms with E-state index in [2.05, 4.69) is 15.1 Å². The molecule has 4 nitrogen and oxygen atoms in total. The molecule has 100 valence electrons. The molecule has 0 aliphatic rings. The van der Waals surface area contributed by atoms with Gasteiger partial charge in [-0.15, -0.1) is 11.6 Å². The van der Waals surface area contributed by atoms with Crippen LogP contribution in [0.3, 0.4) is 0 Å². The molecule has 0 fully saturated rings. The molecular formula is C15H12ClN3O. The molecule has 0 amide bonds. The van der Waals surface area contributed by atoms with Gasteiger partial charge in [0.05, 0.1) is 0 Å². The Bertz CT molecular complexity index is 712. The molecule has 1 aromatic carbocycles. The minimum atomic E-state index is -0.456. The van der Waals surface area contributed by atoms with Gasteiger partial charge in [0.25, 0.3) is 0 Å². The van der Waals surface area contributed by atoms with Gasteiger partial charge >= 0.3 is 0 Å². The average molecular weight is 286 g/mol. The van der Waals surface area contributed by atoms with Crippen LogP contribution in [0.25, 0.3) is 11.5 Å². The Morgan fingerprint density at radius 2 is 1.80 bits per heavy atom. The molecule has 1 atom stereocenters. The number of nitrogens with zero attached hydrogens (tertiary/aromatic N) is 3. The zero-order chi connectivity index (χ0) is 13.9. The Hall–Kier alpha value is -2.20. The van der Waals surface area contributed by atoms with E-state index in [-0.39, 0.29) is 0 Å². The van der Waals surface area contributed by atoms with Crippen molar-refractivity contribution in [3.05, 3.63) is 65.7 Å². The Balaban J connectivity index is 1.91. The molecule has 0 saturated carbocycles. The van der Waals surface area contributed by atoms with Crippen LogP contribution in [0.15, 0.2) is 53.1 Å². The number of hydrogen-bond acceptors (Lipinski definition) is 4. The molecule has 0 aliphatic heterocycles. The Morgan fingerprint density at radius 1 is 1.00 bits per heavy atom. The summed E-state index contributed by atoms with van der Waals surface area (Å²) in [6.45, 7) is 1.92. The predicted octanol–water partition coefficient (Wildman–Crippen LogP) is 3.77. The SMILES string of the molecule is Cc1cccc(-c2noc(C(Cl)c3ccccc3)n2)n1. The summed E-state index contributed by atoms with van der Waals surface area (Å²) in [5, 5.41) is 3.48. The summed E-state index contributed by atoms with van der Waals surface area (Å²) < 4.78 is 5.24. The monoisotopic (exact) mass is 285 g/mol. The minimum absolute atomic E-state index is 0.371. The van der Waals surface area contributed by atoms with Gasteiger partial charge in [0, 0.05) is 5.69 Å². The zero-order valence-corrected chi connectivity index (χ0v) is 11.6. The average Bonchev–Trinajstić information content (AvgIpc) is 2.97. The highest BCUT2D eigenvalue weighted by atomic mass is 35.5. The van der Waals surface area contributed by atoms with Gasteiger partial charge in [-0.05, 0) is 24.6 Å². The number of aryl methyl sites for hydroxylation is 1. The summed E-state index contributed by atoms with van der Waals surface area (Å²) in [6, 6.07) is 15.3. The number of aromatic nitrogens is 3. The van der Waals surface area contributed by atoms with Gasteiger partial charge in [-0.3, -0.25) is 0 Å². The first-order valence-electron chi connectivity index (χ1n) is 6.21. The van der Waals surface area contributed by atoms with E-state index in [9.17, 15) is 0 Å². The van der Waals surface area contributed by atoms with Crippen molar-refractivity contribution in [2.75, 3.05) is 0 Å². The largest absolute Gasteiger partial charge is 0.337 e. The molecule has 0 saturated heterocycles. The van der Waals surface area contributed by atoms with Gasteiger partial charge in [0.2, 0.25) is 11.7 Å². The Labute approximate surface area is 121 Å². The zero-order valence-electron chi connectivity index (χ0n) is 10.8. The first kappa shape index (κ1) is 12.8. The van der Waals surface area contributed by atoms with Crippen molar-refractivity contribution in [3.63, 3.8) is 0 Å². The van der Waals surface area contributed by atoms with E-state index in [0.29, 0.717) is 17.4 Å². The third-order valence-corrected chi connectivity index (χ3v) is 3.31. The molecule has 20 heavy (non-hydrogen) atoms. The maximum absolute atomic E-state index is 6.35. The maximum Gasteiger partial charge on any atom is 0.249 e. The van der Waals surface area contributed by atoms with Crippen molar-refractivity contribution >= 4 is 11.6 Å². The van der Waals surface area contributed by atoms with Crippen molar-refractivity contribution < 1.29 is 4.52 Å². The number of pyridine rings is 1. The van der Waals surface area contributed by atoms with Crippen molar-refractivity contribution in [1.82, 2.24) is 15.1 Å². The molecule has 3 aromatic rings. The second-order valence-electron chi connectivity index (χ2n) is 4.39. The molecule has 5 heteroatoms. The van der Waals surface area contributed by atoms with Crippen LogP contribution in [0.5, 0.6) is 0 Å². The van der Waals surface area contributed by atoms with E-state index in [1.54, 1.807) is 0 Å². The number of halogens is 1. The molecule has 0 spiro atoms. The summed E-state index contributed by atoms with van der Waals surface area (Å²) in [4.78, 5) is 8.69. The Kier molecular flexibility index (Phi) is 3.48. The van der Waals surface area contributed by atoms with Crippen LogP contribution < -0.4 is 0 Å². The standard InChI is InChI=1S/C15H12ClN3O/c1-10-6-5-9-12(17-10)14-18-15(20-19-14)13(16)11-7-3-2-4-8-11/h2-9,13H,1H3. The first-order valence-corrected chi connectivity index (χ1v) is 6.64. The van der Waals surface area contributed by atoms with Crippen LogP contribution in [-0.2, 0) is 0 Å². The second-order valence-corrected chi connectivity index (χ2v) is 4.83. The third kappa shape index (κ3) is 2.56. The van der Waals surface area contributed by atoms with E-state index in [1.165, 1.54) is 0 Å². The third-order valence-electron chi connectivity index (χ3n) is 2.87. The van der Waals surface area contributed by atoms with Gasteiger partial charge < -0.3 is 4.52 Å². The van der Waals surface area contributed by atoms with Gasteiger partial charge in [-0.2, -0.15) is 4.98 Å². The maximum atomic E-state index is 6.35. The quantitative estimate of drug-likeness (QED) is 0.687. The fourth-order valence-corrected chi connectivity index (χ4v) is 2.11. The van der Waals surface area contributed by atoms with Gasteiger partial charge in [0.1, 0.15) is 11.1 Å². The minimum Gasteiger partial charge on any atom is -0.337 e. The van der Waals surface area contributed by atoms with E-state index in [1.807, 2.05) is 55.5 Å². The number of alkyl halides is 1. The molecule has 0 aliphatic carbocycles. The fourth-order valence-electron chi connectivity index (χ4n) is 1.87. The van der Waals surface area contributed by atoms with Crippen LogP contribution in [-0.4, -0.2) is 15.1 Å². The normalized spacial score (nSPS) is 12.3. The van der Waals surface area contributed by atoms with Crippen LogP contribution in [0.2, 0.25) is 0 Å². The van der Waals surface area contributed by atoms with Crippen LogP contribution in [0.4, 0.5) is 0 Å². The lowest BCUT2D eigenvalue weighted by Gasteiger charge is -2.03. The van der Waals surface area contributed by atoms with Crippen LogP contribution in [0.1, 0.15) is 22.5 Å². The highest BCUT2D eigenvalue weighted by Gasteiger charge is 2.19. The topological polar surface area (TPSA) is 51.8 Å². The summed E-state index contributed by atoms with van der Waals surface area (Å²) in [7, 11) is 0. The van der Waals surface area contributed by atoms with E-state index in [0.717, 1.165) is 11.3 Å². The molecular weight excluding hydrogens is 274 g/mol. The molecule has 0 bridgehead atoms. The van der Waals surface area contributed by atoms with Gasteiger partial charge in [0.15, 0.2) is 0 Å². The number of rotatable bonds is 3. The first-order chi connectivity index (χ1) is 9.74. The van der Waals surface area contributed by atoms with E-state index >= 15 is 0 Å². The fraction of sp³-hybridized carbons (Fsp3) is 0.133. The summed E-state index contributed by atoms with van der Waals surface area (Å²) in [5.41, 5.74) is 2.50. The van der Waals surface area contributed by atoms with Crippen molar-refractivity contribution in [3.8, 4) is 11.5 Å². The van der Waals surface area contributed by atoms with Crippen molar-refractivity contribution in [1.29, 1.82) is 0 Å². The molecule has 1 unspecified atom stereocenters. The van der Waals surface area contributed by atoms with Crippen molar-refractivity contribution in [2.24, 2.45) is 0 Å². The lowest BCUT2D eigenvalue weighted by atomic mass is 10.1. The van der Waals surface area contributed by atoms with E-state index in [4.69, 9.17) is 16.1 Å². The lowest BCUT2D eigenvalue weighted by molar-refractivity contribution is 0.383. The number of benzene rings is 1. The highest BCUT2D eigenvalue weighted by Crippen LogP contribution is 2.28. The van der Waals surface area contributed by atoms with E-state index < -0.39 is 5.38 Å². The van der Waals surface area contributed by atoms with Crippen molar-refractivity contribution in [2.45, 2.75) is 12.3 Å². The smallest absolute Gasteiger partial charge is 0.249 e. The highest BCUT2D eigenvalue weighted by molar-refractivity contribution is 6.22. The predicted molar refractivity (Wildman–Crippen MR) is 76.4 cm³/mol.